The molecule has 0 aliphatic heterocycles. The molecule has 3 aromatic carbocycles. The molecular formula is C20H19N2S+. The number of rotatable bonds is 4. The van der Waals surface area contributed by atoms with Crippen molar-refractivity contribution in [3.05, 3.63) is 77.3 Å². The Morgan fingerprint density at radius 2 is 1.74 bits per heavy atom. The maximum Gasteiger partial charge on any atom is 0.148 e. The first kappa shape index (κ1) is 14.4. The lowest BCUT2D eigenvalue weighted by atomic mass is 10.00. The van der Waals surface area contributed by atoms with E-state index in [0.29, 0.717) is 6.04 Å². The third kappa shape index (κ3) is 2.85. The van der Waals surface area contributed by atoms with Crippen molar-refractivity contribution in [3.8, 4) is 0 Å². The quantitative estimate of drug-likeness (QED) is 0.598. The molecule has 114 valence electrons. The zero-order valence-corrected chi connectivity index (χ0v) is 13.9. The topological polar surface area (TPSA) is 29.5 Å². The number of nitrogens with two attached hydrogens (primary N) is 1. The predicted molar refractivity (Wildman–Crippen MR) is 97.6 cm³/mol. The average molecular weight is 319 g/mol. The van der Waals surface area contributed by atoms with Gasteiger partial charge in [0.15, 0.2) is 0 Å². The molecule has 0 saturated heterocycles. The minimum Gasteiger partial charge on any atom is -0.335 e. The highest BCUT2D eigenvalue weighted by molar-refractivity contribution is 7.18. The molecule has 0 radical (unpaired) electrons. The highest BCUT2D eigenvalue weighted by Gasteiger charge is 2.13. The van der Waals surface area contributed by atoms with E-state index < -0.39 is 0 Å². The van der Waals surface area contributed by atoms with Gasteiger partial charge in [0.05, 0.1) is 10.2 Å². The molecule has 1 atom stereocenters. The Bertz CT molecular complexity index is 920. The Balaban J connectivity index is 1.56. The molecule has 0 saturated carbocycles. The van der Waals surface area contributed by atoms with Crippen molar-refractivity contribution in [3.63, 3.8) is 0 Å². The first-order valence-electron chi connectivity index (χ1n) is 7.97. The van der Waals surface area contributed by atoms with Crippen LogP contribution >= 0.6 is 11.3 Å². The van der Waals surface area contributed by atoms with Crippen molar-refractivity contribution < 1.29 is 5.32 Å². The van der Waals surface area contributed by atoms with Crippen LogP contribution in [0.4, 0.5) is 0 Å². The molecule has 4 aromatic rings. The number of nitrogens with zero attached hydrogens (tertiary/aromatic N) is 1. The molecule has 0 fully saturated rings. The number of benzene rings is 3. The molecular weight excluding hydrogens is 300 g/mol. The van der Waals surface area contributed by atoms with E-state index in [9.17, 15) is 0 Å². The highest BCUT2D eigenvalue weighted by Crippen LogP contribution is 2.23. The minimum atomic E-state index is 0.410. The second-order valence-corrected chi connectivity index (χ2v) is 6.99. The minimum absolute atomic E-state index is 0.410. The zero-order chi connectivity index (χ0) is 15.6. The number of aromatic nitrogens is 1. The van der Waals surface area contributed by atoms with Crippen molar-refractivity contribution in [2.75, 3.05) is 0 Å². The van der Waals surface area contributed by atoms with Crippen LogP contribution in [0.25, 0.3) is 21.0 Å². The summed E-state index contributed by atoms with van der Waals surface area (Å²) in [5.41, 5.74) is 2.50. The van der Waals surface area contributed by atoms with E-state index in [2.05, 4.69) is 72.9 Å². The number of para-hydroxylation sites is 1. The Labute approximate surface area is 139 Å². The lowest BCUT2D eigenvalue weighted by Crippen LogP contribution is -2.83. The van der Waals surface area contributed by atoms with Gasteiger partial charge in [0.2, 0.25) is 0 Å². The maximum atomic E-state index is 4.73. The summed E-state index contributed by atoms with van der Waals surface area (Å²) < 4.78 is 1.27. The second kappa shape index (κ2) is 6.11. The van der Waals surface area contributed by atoms with Gasteiger partial charge in [-0.25, -0.2) is 4.98 Å². The van der Waals surface area contributed by atoms with E-state index in [-0.39, 0.29) is 0 Å². The molecule has 3 heteroatoms. The second-order valence-electron chi connectivity index (χ2n) is 5.87. The Hall–Kier alpha value is -2.23. The molecule has 2 N–H and O–H groups in total. The number of fused-ring (bicyclic) bond motifs is 2. The van der Waals surface area contributed by atoms with Gasteiger partial charge < -0.3 is 5.32 Å². The fraction of sp³-hybridized carbons (Fsp3) is 0.150. The van der Waals surface area contributed by atoms with Crippen molar-refractivity contribution in [2.45, 2.75) is 19.5 Å². The van der Waals surface area contributed by atoms with Crippen LogP contribution in [0.15, 0.2) is 66.7 Å². The van der Waals surface area contributed by atoms with Gasteiger partial charge in [0, 0.05) is 5.56 Å². The predicted octanol–water partition coefficient (Wildman–Crippen LogP) is 4.27. The third-order valence-corrected chi connectivity index (χ3v) is 5.36. The molecule has 1 heterocycles. The van der Waals surface area contributed by atoms with Crippen LogP contribution in [0.2, 0.25) is 0 Å². The molecule has 0 unspecified atom stereocenters. The van der Waals surface area contributed by atoms with Crippen LogP contribution in [-0.2, 0) is 6.54 Å². The third-order valence-electron chi connectivity index (χ3n) is 4.30. The molecule has 0 aliphatic carbocycles. The summed E-state index contributed by atoms with van der Waals surface area (Å²) in [6.07, 6.45) is 0. The van der Waals surface area contributed by atoms with Crippen LogP contribution < -0.4 is 5.32 Å². The van der Waals surface area contributed by atoms with Gasteiger partial charge in [-0.15, -0.1) is 11.3 Å². The van der Waals surface area contributed by atoms with Gasteiger partial charge in [-0.2, -0.15) is 0 Å². The number of quaternary nitrogens is 1. The molecule has 0 aliphatic rings. The molecule has 4 rings (SSSR count). The lowest BCUT2D eigenvalue weighted by molar-refractivity contribution is -0.707. The Kier molecular flexibility index (Phi) is 3.82. The molecule has 1 aromatic heterocycles. The standard InChI is InChI=1S/C20H18N2S/c1-14(16-10-6-8-15-7-2-3-9-17(15)16)21-13-20-22-18-11-4-5-12-19(18)23-20/h2-12,14,21H,13H2,1H3/p+1/t14-/m1/s1. The Morgan fingerprint density at radius 1 is 0.957 bits per heavy atom. The monoisotopic (exact) mass is 319 g/mol. The number of thiazole rings is 1. The summed E-state index contributed by atoms with van der Waals surface area (Å²) in [4.78, 5) is 4.73. The summed E-state index contributed by atoms with van der Waals surface area (Å²) in [5, 5.41) is 6.23. The van der Waals surface area contributed by atoms with E-state index in [1.165, 1.54) is 26.0 Å². The van der Waals surface area contributed by atoms with Gasteiger partial charge in [-0.3, -0.25) is 0 Å². The van der Waals surface area contributed by atoms with E-state index in [1.807, 2.05) is 6.07 Å². The molecule has 23 heavy (non-hydrogen) atoms. The first-order valence-corrected chi connectivity index (χ1v) is 8.78. The van der Waals surface area contributed by atoms with Gasteiger partial charge >= 0.3 is 0 Å². The summed E-state index contributed by atoms with van der Waals surface area (Å²) in [6.45, 7) is 3.19. The van der Waals surface area contributed by atoms with Gasteiger partial charge in [0.1, 0.15) is 17.6 Å². The summed E-state index contributed by atoms with van der Waals surface area (Å²) in [5.74, 6) is 0. The van der Waals surface area contributed by atoms with Crippen molar-refractivity contribution >= 4 is 32.3 Å². The molecule has 0 bridgehead atoms. The zero-order valence-electron chi connectivity index (χ0n) is 13.1. The van der Waals surface area contributed by atoms with Crippen molar-refractivity contribution in [1.82, 2.24) is 4.98 Å². The number of hydrogen-bond donors (Lipinski definition) is 1. The fourth-order valence-corrected chi connectivity index (χ4v) is 4.00. The average Bonchev–Trinajstić information content (AvgIpc) is 3.02. The lowest BCUT2D eigenvalue weighted by Gasteiger charge is -2.13. The van der Waals surface area contributed by atoms with E-state index in [1.54, 1.807) is 11.3 Å². The smallest absolute Gasteiger partial charge is 0.148 e. The van der Waals surface area contributed by atoms with E-state index >= 15 is 0 Å². The van der Waals surface area contributed by atoms with E-state index in [4.69, 9.17) is 4.98 Å². The SMILES string of the molecule is C[C@@H]([NH2+]Cc1nc2ccccc2s1)c1cccc2ccccc12. The first-order chi connectivity index (χ1) is 11.3. The molecule has 2 nitrogen and oxygen atoms in total. The van der Waals surface area contributed by atoms with Gasteiger partial charge in [0.25, 0.3) is 0 Å². The van der Waals surface area contributed by atoms with Crippen LogP contribution in [0.3, 0.4) is 0 Å². The van der Waals surface area contributed by atoms with Gasteiger partial charge in [-0.1, -0.05) is 54.6 Å². The van der Waals surface area contributed by atoms with Crippen molar-refractivity contribution in [1.29, 1.82) is 0 Å². The highest BCUT2D eigenvalue weighted by atomic mass is 32.1. The summed E-state index contributed by atoms with van der Waals surface area (Å²) in [6, 6.07) is 23.9. The molecule has 0 amide bonds. The van der Waals surface area contributed by atoms with Gasteiger partial charge in [-0.05, 0) is 29.8 Å². The molecule has 0 spiro atoms. The van der Waals surface area contributed by atoms with Crippen LogP contribution in [0.1, 0.15) is 23.5 Å². The fourth-order valence-electron chi connectivity index (χ4n) is 3.06. The van der Waals surface area contributed by atoms with Crippen LogP contribution in [0, 0.1) is 0 Å². The van der Waals surface area contributed by atoms with E-state index in [0.717, 1.165) is 12.1 Å². The van der Waals surface area contributed by atoms with Crippen LogP contribution in [0.5, 0.6) is 0 Å². The summed E-state index contributed by atoms with van der Waals surface area (Å²) >= 11 is 1.80. The normalized spacial score (nSPS) is 12.7. The Morgan fingerprint density at radius 3 is 2.65 bits per heavy atom. The number of hydrogen-bond acceptors (Lipinski definition) is 2. The maximum absolute atomic E-state index is 4.73. The van der Waals surface area contributed by atoms with Crippen molar-refractivity contribution in [2.24, 2.45) is 0 Å². The van der Waals surface area contributed by atoms with Crippen LogP contribution in [-0.4, -0.2) is 4.98 Å². The summed E-state index contributed by atoms with van der Waals surface area (Å²) in [7, 11) is 0. The largest absolute Gasteiger partial charge is 0.335 e.